The van der Waals surface area contributed by atoms with Gasteiger partial charge in [-0.05, 0) is 43.0 Å². The normalized spacial score (nSPS) is 24.9. The van der Waals surface area contributed by atoms with Gasteiger partial charge in [0.05, 0.1) is 11.8 Å². The van der Waals surface area contributed by atoms with Gasteiger partial charge in [-0.1, -0.05) is 12.1 Å². The molecule has 2 nitrogen and oxygen atoms in total. The van der Waals surface area contributed by atoms with Crippen LogP contribution in [-0.2, 0) is 0 Å². The van der Waals surface area contributed by atoms with Gasteiger partial charge in [0.15, 0.2) is 0 Å². The predicted molar refractivity (Wildman–Crippen MR) is 65.9 cm³/mol. The monoisotopic (exact) mass is 215 g/mol. The summed E-state index contributed by atoms with van der Waals surface area (Å²) in [6, 6.07) is 4.07. The van der Waals surface area contributed by atoms with E-state index in [0.29, 0.717) is 0 Å². The van der Waals surface area contributed by atoms with E-state index in [1.165, 1.54) is 0 Å². The van der Waals surface area contributed by atoms with E-state index < -0.39 is 6.10 Å². The standard InChI is InChI=1S/C14H17NO/c1-4-11-7-12(10(3)14(11)16)13-6-5-9(2)8-15-13/h4-6,8,11,14,16H,1,7H2,2-3H3/t11-,14-/m1/s1. The van der Waals surface area contributed by atoms with Gasteiger partial charge in [-0.2, -0.15) is 0 Å². The quantitative estimate of drug-likeness (QED) is 0.769. The van der Waals surface area contributed by atoms with Crippen molar-refractivity contribution in [3.8, 4) is 0 Å². The second kappa shape index (κ2) is 4.22. The molecule has 0 amide bonds. The minimum absolute atomic E-state index is 0.137. The van der Waals surface area contributed by atoms with Gasteiger partial charge in [-0.15, -0.1) is 6.58 Å². The fourth-order valence-corrected chi connectivity index (χ4v) is 2.17. The Morgan fingerprint density at radius 1 is 1.44 bits per heavy atom. The summed E-state index contributed by atoms with van der Waals surface area (Å²) >= 11 is 0. The highest BCUT2D eigenvalue weighted by Gasteiger charge is 2.29. The maximum atomic E-state index is 9.99. The molecule has 1 N–H and O–H groups in total. The van der Waals surface area contributed by atoms with Crippen molar-refractivity contribution in [1.82, 2.24) is 4.98 Å². The maximum Gasteiger partial charge on any atom is 0.0819 e. The van der Waals surface area contributed by atoms with Gasteiger partial charge in [0.25, 0.3) is 0 Å². The summed E-state index contributed by atoms with van der Waals surface area (Å²) in [5.41, 5.74) is 4.32. The molecule has 0 fully saturated rings. The molecule has 0 saturated heterocycles. The van der Waals surface area contributed by atoms with E-state index in [2.05, 4.69) is 17.6 Å². The number of rotatable bonds is 2. The molecule has 0 spiro atoms. The summed E-state index contributed by atoms with van der Waals surface area (Å²) < 4.78 is 0. The molecule has 2 rings (SSSR count). The van der Waals surface area contributed by atoms with Crippen LogP contribution < -0.4 is 0 Å². The number of aromatic nitrogens is 1. The third kappa shape index (κ3) is 1.81. The number of hydrogen-bond donors (Lipinski definition) is 1. The molecule has 0 saturated carbocycles. The molecule has 0 radical (unpaired) electrons. The molecule has 84 valence electrons. The van der Waals surface area contributed by atoms with Crippen LogP contribution >= 0.6 is 0 Å². The van der Waals surface area contributed by atoms with Crippen LogP contribution in [0.4, 0.5) is 0 Å². The lowest BCUT2D eigenvalue weighted by molar-refractivity contribution is 0.178. The van der Waals surface area contributed by atoms with Crippen molar-refractivity contribution in [2.45, 2.75) is 26.4 Å². The first-order valence-electron chi connectivity index (χ1n) is 5.56. The van der Waals surface area contributed by atoms with Crippen LogP contribution in [0.25, 0.3) is 5.57 Å². The third-order valence-electron chi connectivity index (χ3n) is 3.29. The van der Waals surface area contributed by atoms with E-state index in [-0.39, 0.29) is 5.92 Å². The molecule has 0 aromatic carbocycles. The molecule has 1 aliphatic carbocycles. The average Bonchev–Trinajstić information content (AvgIpc) is 2.57. The SMILES string of the molecule is C=C[C@@H]1CC(c2ccc(C)cn2)=C(C)[C@H]1O. The van der Waals surface area contributed by atoms with Gasteiger partial charge >= 0.3 is 0 Å². The van der Waals surface area contributed by atoms with E-state index >= 15 is 0 Å². The number of aliphatic hydroxyl groups is 1. The third-order valence-corrected chi connectivity index (χ3v) is 3.29. The van der Waals surface area contributed by atoms with Crippen LogP contribution in [0.2, 0.25) is 0 Å². The minimum Gasteiger partial charge on any atom is -0.388 e. The number of allylic oxidation sites excluding steroid dienone is 1. The molecular formula is C14H17NO. The van der Waals surface area contributed by atoms with E-state index in [1.54, 1.807) is 0 Å². The van der Waals surface area contributed by atoms with Crippen LogP contribution in [0, 0.1) is 12.8 Å². The van der Waals surface area contributed by atoms with Gasteiger partial charge in [-0.3, -0.25) is 4.98 Å². The van der Waals surface area contributed by atoms with Crippen molar-refractivity contribution >= 4 is 5.57 Å². The minimum atomic E-state index is -0.393. The highest BCUT2D eigenvalue weighted by molar-refractivity contribution is 5.69. The first-order chi connectivity index (χ1) is 7.63. The summed E-state index contributed by atoms with van der Waals surface area (Å²) in [7, 11) is 0. The molecule has 1 aromatic heterocycles. The lowest BCUT2D eigenvalue weighted by Gasteiger charge is -2.09. The fourth-order valence-electron chi connectivity index (χ4n) is 2.17. The summed E-state index contributed by atoms with van der Waals surface area (Å²) in [4.78, 5) is 4.41. The molecule has 0 unspecified atom stereocenters. The lowest BCUT2D eigenvalue weighted by atomic mass is 10.0. The first-order valence-corrected chi connectivity index (χ1v) is 5.56. The first kappa shape index (κ1) is 11.1. The van der Waals surface area contributed by atoms with Crippen molar-refractivity contribution in [3.63, 3.8) is 0 Å². The zero-order valence-electron chi connectivity index (χ0n) is 9.77. The highest BCUT2D eigenvalue weighted by atomic mass is 16.3. The summed E-state index contributed by atoms with van der Waals surface area (Å²) in [6.45, 7) is 7.76. The van der Waals surface area contributed by atoms with E-state index in [4.69, 9.17) is 0 Å². The van der Waals surface area contributed by atoms with Crippen molar-refractivity contribution in [1.29, 1.82) is 0 Å². The van der Waals surface area contributed by atoms with Crippen LogP contribution in [0.15, 0.2) is 36.6 Å². The molecule has 1 heterocycles. The molecule has 1 aliphatic rings. The number of aliphatic hydroxyl groups excluding tert-OH is 1. The maximum absolute atomic E-state index is 9.99. The molecule has 1 aromatic rings. The Bertz CT molecular complexity index is 431. The summed E-state index contributed by atoms with van der Waals surface area (Å²) in [6.07, 6.45) is 4.14. The Morgan fingerprint density at radius 3 is 2.69 bits per heavy atom. The van der Waals surface area contributed by atoms with Gasteiger partial charge in [-0.25, -0.2) is 0 Å². The largest absolute Gasteiger partial charge is 0.388 e. The van der Waals surface area contributed by atoms with Gasteiger partial charge < -0.3 is 5.11 Å². The number of pyridine rings is 1. The summed E-state index contributed by atoms with van der Waals surface area (Å²) in [5.74, 6) is 0.137. The molecular weight excluding hydrogens is 198 g/mol. The predicted octanol–water partition coefficient (Wildman–Crippen LogP) is 2.73. The zero-order chi connectivity index (χ0) is 11.7. The Kier molecular flexibility index (Phi) is 2.92. The van der Waals surface area contributed by atoms with E-state index in [0.717, 1.165) is 28.8 Å². The second-order valence-corrected chi connectivity index (χ2v) is 4.43. The van der Waals surface area contributed by atoms with E-state index in [1.807, 2.05) is 32.2 Å². The van der Waals surface area contributed by atoms with Gasteiger partial charge in [0.1, 0.15) is 0 Å². The molecule has 2 atom stereocenters. The zero-order valence-corrected chi connectivity index (χ0v) is 9.77. The molecule has 0 aliphatic heterocycles. The molecule has 16 heavy (non-hydrogen) atoms. The van der Waals surface area contributed by atoms with Crippen molar-refractivity contribution in [2.24, 2.45) is 5.92 Å². The van der Waals surface area contributed by atoms with Crippen LogP contribution in [0.1, 0.15) is 24.6 Å². The topological polar surface area (TPSA) is 33.1 Å². The van der Waals surface area contributed by atoms with Crippen LogP contribution in [-0.4, -0.2) is 16.2 Å². The Morgan fingerprint density at radius 2 is 2.19 bits per heavy atom. The number of aryl methyl sites for hydroxylation is 1. The van der Waals surface area contributed by atoms with Crippen LogP contribution in [0.3, 0.4) is 0 Å². The highest BCUT2D eigenvalue weighted by Crippen LogP contribution is 2.37. The second-order valence-electron chi connectivity index (χ2n) is 4.43. The Hall–Kier alpha value is -1.41. The average molecular weight is 215 g/mol. The fraction of sp³-hybridized carbons (Fsp3) is 0.357. The van der Waals surface area contributed by atoms with Crippen molar-refractivity contribution in [2.75, 3.05) is 0 Å². The van der Waals surface area contributed by atoms with Crippen molar-refractivity contribution in [3.05, 3.63) is 47.8 Å². The Labute approximate surface area is 96.3 Å². The van der Waals surface area contributed by atoms with Crippen molar-refractivity contribution < 1.29 is 5.11 Å². The van der Waals surface area contributed by atoms with Crippen LogP contribution in [0.5, 0.6) is 0 Å². The van der Waals surface area contributed by atoms with E-state index in [9.17, 15) is 5.11 Å². The lowest BCUT2D eigenvalue weighted by Crippen LogP contribution is -2.13. The van der Waals surface area contributed by atoms with Gasteiger partial charge in [0, 0.05) is 12.1 Å². The van der Waals surface area contributed by atoms with Gasteiger partial charge in [0.2, 0.25) is 0 Å². The number of hydrogen-bond acceptors (Lipinski definition) is 2. The molecule has 0 bridgehead atoms. The number of nitrogens with zero attached hydrogens (tertiary/aromatic N) is 1. The molecule has 2 heteroatoms. The summed E-state index contributed by atoms with van der Waals surface area (Å²) in [5, 5.41) is 9.99. The Balaban J connectivity index is 2.35. The smallest absolute Gasteiger partial charge is 0.0819 e.